The number of benzene rings is 3. The van der Waals surface area contributed by atoms with Gasteiger partial charge < -0.3 is 5.11 Å². The average molecular weight is 342 g/mol. The number of rotatable bonds is 3. The van der Waals surface area contributed by atoms with Crippen LogP contribution in [-0.4, -0.2) is 10.0 Å². The van der Waals surface area contributed by atoms with Crippen molar-refractivity contribution in [3.05, 3.63) is 69.2 Å². The number of fused-ring (bicyclic) bond motifs is 1. The Balaban J connectivity index is 2.06. The molecular formula is C17H12ClN3O3. The van der Waals surface area contributed by atoms with Gasteiger partial charge in [0.1, 0.15) is 11.4 Å². The summed E-state index contributed by atoms with van der Waals surface area (Å²) in [6, 6.07) is 13.0. The summed E-state index contributed by atoms with van der Waals surface area (Å²) in [5, 5.41) is 30.7. The van der Waals surface area contributed by atoms with Gasteiger partial charge >= 0.3 is 0 Å². The predicted molar refractivity (Wildman–Crippen MR) is 92.6 cm³/mol. The Morgan fingerprint density at radius 3 is 2.38 bits per heavy atom. The maximum Gasteiger partial charge on any atom is 0.271 e. The summed E-state index contributed by atoms with van der Waals surface area (Å²) < 4.78 is 0. The lowest BCUT2D eigenvalue weighted by atomic mass is 10.0. The molecule has 3 aromatic rings. The van der Waals surface area contributed by atoms with Crippen molar-refractivity contribution in [2.45, 2.75) is 6.92 Å². The molecule has 0 unspecified atom stereocenters. The molecule has 0 atom stereocenters. The fourth-order valence-corrected chi connectivity index (χ4v) is 2.57. The first-order chi connectivity index (χ1) is 11.5. The minimum atomic E-state index is -0.524. The van der Waals surface area contributed by atoms with Gasteiger partial charge in [-0.1, -0.05) is 35.9 Å². The van der Waals surface area contributed by atoms with E-state index in [-0.39, 0.29) is 16.5 Å². The molecule has 3 rings (SSSR count). The summed E-state index contributed by atoms with van der Waals surface area (Å²) in [5.41, 5.74) is 1.48. The van der Waals surface area contributed by atoms with Gasteiger partial charge in [-0.05, 0) is 24.6 Å². The van der Waals surface area contributed by atoms with E-state index in [4.69, 9.17) is 11.6 Å². The molecule has 0 aliphatic carbocycles. The standard InChI is InChI=1S/C17H12ClN3O3/c1-10-8-16(12-4-2-3-5-13(12)17(10)22)20-19-15-7-6-11(21(23)24)9-14(15)18/h2-9,22H,1H3. The van der Waals surface area contributed by atoms with Crippen molar-refractivity contribution >= 4 is 39.4 Å². The van der Waals surface area contributed by atoms with Crippen LogP contribution in [-0.2, 0) is 0 Å². The summed E-state index contributed by atoms with van der Waals surface area (Å²) in [6.45, 7) is 1.78. The molecule has 7 heteroatoms. The van der Waals surface area contributed by atoms with E-state index in [1.165, 1.54) is 18.2 Å². The number of azo groups is 1. The van der Waals surface area contributed by atoms with Gasteiger partial charge in [-0.3, -0.25) is 10.1 Å². The SMILES string of the molecule is Cc1cc(N=Nc2ccc([N+](=O)[O-])cc2Cl)c2ccccc2c1O. The summed E-state index contributed by atoms with van der Waals surface area (Å²) in [4.78, 5) is 10.2. The Morgan fingerprint density at radius 2 is 1.71 bits per heavy atom. The van der Waals surface area contributed by atoms with Crippen LogP contribution in [0.15, 0.2) is 58.8 Å². The van der Waals surface area contributed by atoms with Crippen LogP contribution in [0.5, 0.6) is 5.75 Å². The molecule has 6 nitrogen and oxygen atoms in total. The number of phenolic OH excluding ortho intramolecular Hbond substituents is 1. The van der Waals surface area contributed by atoms with Crippen molar-refractivity contribution in [1.82, 2.24) is 0 Å². The maximum atomic E-state index is 10.7. The molecule has 24 heavy (non-hydrogen) atoms. The average Bonchev–Trinajstić information content (AvgIpc) is 2.57. The first-order valence-corrected chi connectivity index (χ1v) is 7.42. The maximum absolute atomic E-state index is 10.7. The molecule has 0 spiro atoms. The number of hydrogen-bond donors (Lipinski definition) is 1. The molecule has 0 amide bonds. The third kappa shape index (κ3) is 2.91. The van der Waals surface area contributed by atoms with E-state index in [1.54, 1.807) is 19.1 Å². The number of hydrogen-bond acceptors (Lipinski definition) is 5. The Labute approximate surface area is 142 Å². The summed E-state index contributed by atoms with van der Waals surface area (Å²) in [6.07, 6.45) is 0. The van der Waals surface area contributed by atoms with Crippen LogP contribution in [0.3, 0.4) is 0 Å². The number of aryl methyl sites for hydroxylation is 1. The van der Waals surface area contributed by atoms with Crippen LogP contribution in [0.1, 0.15) is 5.56 Å². The van der Waals surface area contributed by atoms with Crippen LogP contribution < -0.4 is 0 Å². The van der Waals surface area contributed by atoms with Gasteiger partial charge in [0.05, 0.1) is 15.6 Å². The molecule has 0 saturated heterocycles. The normalized spacial score (nSPS) is 11.2. The molecule has 0 aliphatic heterocycles. The zero-order valence-corrected chi connectivity index (χ0v) is 13.4. The summed E-state index contributed by atoms with van der Waals surface area (Å²) >= 11 is 6.02. The molecule has 0 saturated carbocycles. The summed E-state index contributed by atoms with van der Waals surface area (Å²) in [7, 11) is 0. The second-order valence-corrected chi connectivity index (χ2v) is 5.61. The van der Waals surface area contributed by atoms with E-state index in [0.29, 0.717) is 22.3 Å². The van der Waals surface area contributed by atoms with E-state index in [2.05, 4.69) is 10.2 Å². The zero-order valence-electron chi connectivity index (χ0n) is 12.6. The lowest BCUT2D eigenvalue weighted by Crippen LogP contribution is -1.86. The number of non-ortho nitro benzene ring substituents is 1. The van der Waals surface area contributed by atoms with Crippen LogP contribution >= 0.6 is 11.6 Å². The fraction of sp³-hybridized carbons (Fsp3) is 0.0588. The highest BCUT2D eigenvalue weighted by Gasteiger charge is 2.10. The predicted octanol–water partition coefficient (Wildman–Crippen LogP) is 5.83. The van der Waals surface area contributed by atoms with E-state index in [0.717, 1.165) is 5.39 Å². The van der Waals surface area contributed by atoms with Gasteiger partial charge in [-0.15, -0.1) is 10.2 Å². The highest BCUT2D eigenvalue weighted by molar-refractivity contribution is 6.33. The molecule has 0 aromatic heterocycles. The molecule has 0 aliphatic rings. The number of halogens is 1. The van der Waals surface area contributed by atoms with Crippen molar-refractivity contribution in [3.63, 3.8) is 0 Å². The lowest BCUT2D eigenvalue weighted by Gasteiger charge is -2.07. The Morgan fingerprint density at radius 1 is 1.04 bits per heavy atom. The Hall–Kier alpha value is -2.99. The molecule has 0 bridgehead atoms. The topological polar surface area (TPSA) is 88.1 Å². The molecule has 3 aromatic carbocycles. The summed E-state index contributed by atoms with van der Waals surface area (Å²) in [5.74, 6) is 0.206. The first-order valence-electron chi connectivity index (χ1n) is 7.04. The second kappa shape index (κ2) is 6.25. The molecule has 120 valence electrons. The van der Waals surface area contributed by atoms with Gasteiger partial charge in [-0.25, -0.2) is 0 Å². The monoisotopic (exact) mass is 341 g/mol. The third-order valence-corrected chi connectivity index (χ3v) is 3.90. The molecular weight excluding hydrogens is 330 g/mol. The third-order valence-electron chi connectivity index (χ3n) is 3.59. The van der Waals surface area contributed by atoms with Crippen LogP contribution in [0, 0.1) is 17.0 Å². The number of nitro benzene ring substituents is 1. The molecule has 0 radical (unpaired) electrons. The number of nitrogens with zero attached hydrogens (tertiary/aromatic N) is 3. The highest BCUT2D eigenvalue weighted by Crippen LogP contribution is 2.37. The first kappa shape index (κ1) is 15.9. The van der Waals surface area contributed by atoms with Gasteiger partial charge in [-0.2, -0.15) is 0 Å². The van der Waals surface area contributed by atoms with Crippen LogP contribution in [0.2, 0.25) is 5.02 Å². The Kier molecular flexibility index (Phi) is 4.14. The number of aromatic hydroxyl groups is 1. The van der Waals surface area contributed by atoms with Crippen molar-refractivity contribution in [1.29, 1.82) is 0 Å². The fourth-order valence-electron chi connectivity index (χ4n) is 2.36. The van der Waals surface area contributed by atoms with Crippen molar-refractivity contribution in [2.24, 2.45) is 10.2 Å². The van der Waals surface area contributed by atoms with E-state index in [1.807, 2.05) is 18.2 Å². The van der Waals surface area contributed by atoms with E-state index < -0.39 is 4.92 Å². The van der Waals surface area contributed by atoms with Crippen molar-refractivity contribution < 1.29 is 10.0 Å². The van der Waals surface area contributed by atoms with Crippen molar-refractivity contribution in [2.75, 3.05) is 0 Å². The minimum absolute atomic E-state index is 0.107. The van der Waals surface area contributed by atoms with Crippen LogP contribution in [0.4, 0.5) is 17.1 Å². The van der Waals surface area contributed by atoms with E-state index in [9.17, 15) is 15.2 Å². The number of nitro groups is 1. The molecule has 1 N–H and O–H groups in total. The van der Waals surface area contributed by atoms with E-state index >= 15 is 0 Å². The van der Waals surface area contributed by atoms with Gasteiger partial charge in [0.25, 0.3) is 5.69 Å². The molecule has 0 heterocycles. The number of phenols is 1. The quantitative estimate of drug-likeness (QED) is 0.369. The van der Waals surface area contributed by atoms with Gasteiger partial charge in [0, 0.05) is 22.9 Å². The zero-order chi connectivity index (χ0) is 17.3. The van der Waals surface area contributed by atoms with Gasteiger partial charge in [0.2, 0.25) is 0 Å². The second-order valence-electron chi connectivity index (χ2n) is 5.20. The van der Waals surface area contributed by atoms with Crippen LogP contribution in [0.25, 0.3) is 10.8 Å². The van der Waals surface area contributed by atoms with Crippen molar-refractivity contribution in [3.8, 4) is 5.75 Å². The van der Waals surface area contributed by atoms with Gasteiger partial charge in [0.15, 0.2) is 0 Å². The highest BCUT2D eigenvalue weighted by atomic mass is 35.5. The lowest BCUT2D eigenvalue weighted by molar-refractivity contribution is -0.384. The molecule has 0 fully saturated rings. The minimum Gasteiger partial charge on any atom is -0.507 e. The Bertz CT molecular complexity index is 986. The largest absolute Gasteiger partial charge is 0.507 e. The smallest absolute Gasteiger partial charge is 0.271 e.